The molecule has 0 fully saturated rings. The maximum absolute atomic E-state index is 10.6. The Hall–Kier alpha value is -2.00. The Morgan fingerprint density at radius 1 is 1.20 bits per heavy atom. The molecule has 2 atom stereocenters. The van der Waals surface area contributed by atoms with Crippen LogP contribution in [0, 0.1) is 0 Å². The number of ether oxygens (including phenoxy) is 2. The highest BCUT2D eigenvalue weighted by molar-refractivity contribution is 5.40. The van der Waals surface area contributed by atoms with Crippen molar-refractivity contribution in [3.63, 3.8) is 0 Å². The van der Waals surface area contributed by atoms with Crippen molar-refractivity contribution in [2.45, 2.75) is 25.6 Å². The van der Waals surface area contributed by atoms with Gasteiger partial charge in [-0.2, -0.15) is 0 Å². The summed E-state index contributed by atoms with van der Waals surface area (Å²) in [6, 6.07) is 15.5. The third-order valence-corrected chi connectivity index (χ3v) is 3.56. The Morgan fingerprint density at radius 3 is 2.75 bits per heavy atom. The van der Waals surface area contributed by atoms with Crippen LogP contribution in [0.2, 0.25) is 0 Å². The maximum Gasteiger partial charge on any atom is 0.133 e. The zero-order valence-corrected chi connectivity index (χ0v) is 11.5. The van der Waals surface area contributed by atoms with Gasteiger partial charge in [-0.05, 0) is 24.6 Å². The molecular weight excluding hydrogens is 252 g/mol. The van der Waals surface area contributed by atoms with Gasteiger partial charge in [0.25, 0.3) is 0 Å². The standard InChI is InChI=1S/C17H18O3/c1-2-19-15-10-6-4-8-13(15)17(18)16-11-12-7-3-5-9-14(12)20-16/h3-10,16-18H,2,11H2,1H3. The topological polar surface area (TPSA) is 38.7 Å². The van der Waals surface area contributed by atoms with Gasteiger partial charge in [0.1, 0.15) is 23.7 Å². The van der Waals surface area contributed by atoms with Crippen LogP contribution in [0.4, 0.5) is 0 Å². The number of rotatable bonds is 4. The lowest BCUT2D eigenvalue weighted by Crippen LogP contribution is -2.23. The van der Waals surface area contributed by atoms with Crippen molar-refractivity contribution < 1.29 is 14.6 Å². The number of aliphatic hydroxyl groups is 1. The predicted molar refractivity (Wildman–Crippen MR) is 77.1 cm³/mol. The van der Waals surface area contributed by atoms with E-state index >= 15 is 0 Å². The molecule has 3 heteroatoms. The second kappa shape index (κ2) is 5.55. The van der Waals surface area contributed by atoms with Crippen LogP contribution >= 0.6 is 0 Å². The third-order valence-electron chi connectivity index (χ3n) is 3.56. The molecule has 3 nitrogen and oxygen atoms in total. The van der Waals surface area contributed by atoms with Gasteiger partial charge in [0.2, 0.25) is 0 Å². The van der Waals surface area contributed by atoms with Crippen LogP contribution in [0.15, 0.2) is 48.5 Å². The fraction of sp³-hybridized carbons (Fsp3) is 0.294. The number of hydrogen-bond acceptors (Lipinski definition) is 3. The van der Waals surface area contributed by atoms with E-state index < -0.39 is 6.10 Å². The molecule has 2 aromatic rings. The Bertz CT molecular complexity index is 569. The Labute approximate surface area is 118 Å². The summed E-state index contributed by atoms with van der Waals surface area (Å²) in [7, 11) is 0. The van der Waals surface area contributed by atoms with Crippen LogP contribution in [0.3, 0.4) is 0 Å². The Morgan fingerprint density at radius 2 is 1.95 bits per heavy atom. The summed E-state index contributed by atoms with van der Waals surface area (Å²) in [6.07, 6.45) is -0.225. The zero-order chi connectivity index (χ0) is 13.9. The van der Waals surface area contributed by atoms with Crippen LogP contribution < -0.4 is 9.47 Å². The molecular formula is C17H18O3. The predicted octanol–water partition coefficient (Wildman–Crippen LogP) is 3.12. The van der Waals surface area contributed by atoms with Crippen LogP contribution in [-0.4, -0.2) is 17.8 Å². The van der Waals surface area contributed by atoms with Gasteiger partial charge in [-0.15, -0.1) is 0 Å². The van der Waals surface area contributed by atoms with Crippen molar-refractivity contribution in [1.82, 2.24) is 0 Å². The molecule has 0 spiro atoms. The average molecular weight is 270 g/mol. The molecule has 0 aliphatic carbocycles. The molecule has 1 N–H and O–H groups in total. The first kappa shape index (κ1) is 13.0. The fourth-order valence-electron chi connectivity index (χ4n) is 2.60. The van der Waals surface area contributed by atoms with E-state index in [0.29, 0.717) is 6.61 Å². The SMILES string of the molecule is CCOc1ccccc1C(O)C1Cc2ccccc2O1. The summed E-state index contributed by atoms with van der Waals surface area (Å²) in [5.41, 5.74) is 1.93. The minimum Gasteiger partial charge on any atom is -0.493 e. The zero-order valence-electron chi connectivity index (χ0n) is 11.5. The van der Waals surface area contributed by atoms with Crippen molar-refractivity contribution in [3.8, 4) is 11.5 Å². The normalized spacial score (nSPS) is 18.2. The summed E-state index contributed by atoms with van der Waals surface area (Å²) < 4.78 is 11.4. The molecule has 0 radical (unpaired) electrons. The largest absolute Gasteiger partial charge is 0.493 e. The van der Waals surface area contributed by atoms with Crippen LogP contribution in [0.25, 0.3) is 0 Å². The summed E-state index contributed by atoms with van der Waals surface area (Å²) in [6.45, 7) is 2.51. The highest BCUT2D eigenvalue weighted by atomic mass is 16.5. The van der Waals surface area contributed by atoms with E-state index in [4.69, 9.17) is 9.47 Å². The quantitative estimate of drug-likeness (QED) is 0.927. The fourth-order valence-corrected chi connectivity index (χ4v) is 2.60. The molecule has 104 valence electrons. The lowest BCUT2D eigenvalue weighted by atomic mass is 9.99. The number of benzene rings is 2. The van der Waals surface area contributed by atoms with Gasteiger partial charge in [0.15, 0.2) is 0 Å². The molecule has 1 aliphatic heterocycles. The highest BCUT2D eigenvalue weighted by Crippen LogP contribution is 2.36. The van der Waals surface area contributed by atoms with Crippen LogP contribution in [-0.2, 0) is 6.42 Å². The van der Waals surface area contributed by atoms with Crippen LogP contribution in [0.5, 0.6) is 11.5 Å². The van der Waals surface area contributed by atoms with Gasteiger partial charge in [-0.3, -0.25) is 0 Å². The van der Waals surface area contributed by atoms with E-state index in [1.54, 1.807) is 0 Å². The molecule has 2 aromatic carbocycles. The highest BCUT2D eigenvalue weighted by Gasteiger charge is 2.31. The van der Waals surface area contributed by atoms with Gasteiger partial charge >= 0.3 is 0 Å². The van der Waals surface area contributed by atoms with Gasteiger partial charge < -0.3 is 14.6 Å². The number of hydrogen-bond donors (Lipinski definition) is 1. The van der Waals surface area contributed by atoms with Crippen molar-refractivity contribution in [3.05, 3.63) is 59.7 Å². The summed E-state index contributed by atoms with van der Waals surface area (Å²) in [4.78, 5) is 0. The smallest absolute Gasteiger partial charge is 0.133 e. The van der Waals surface area contributed by atoms with Crippen molar-refractivity contribution in [2.24, 2.45) is 0 Å². The van der Waals surface area contributed by atoms with E-state index in [2.05, 4.69) is 0 Å². The van der Waals surface area contributed by atoms with E-state index in [1.807, 2.05) is 55.5 Å². The minimum atomic E-state index is -0.690. The van der Waals surface area contributed by atoms with Gasteiger partial charge in [-0.1, -0.05) is 36.4 Å². The summed E-state index contributed by atoms with van der Waals surface area (Å²) in [5, 5.41) is 10.6. The van der Waals surface area contributed by atoms with Crippen LogP contribution in [0.1, 0.15) is 24.2 Å². The Balaban J connectivity index is 1.83. The molecule has 1 aliphatic rings. The number of aliphatic hydroxyl groups excluding tert-OH is 1. The molecule has 0 saturated carbocycles. The third kappa shape index (κ3) is 2.37. The summed E-state index contributed by atoms with van der Waals surface area (Å²) >= 11 is 0. The molecule has 1 heterocycles. The second-order valence-electron chi connectivity index (χ2n) is 4.88. The number of fused-ring (bicyclic) bond motifs is 1. The summed E-state index contributed by atoms with van der Waals surface area (Å²) in [5.74, 6) is 1.59. The van der Waals surface area contributed by atoms with Crippen molar-refractivity contribution in [1.29, 1.82) is 0 Å². The molecule has 2 unspecified atom stereocenters. The van der Waals surface area contributed by atoms with E-state index in [9.17, 15) is 5.11 Å². The molecule has 0 aromatic heterocycles. The van der Waals surface area contributed by atoms with Crippen molar-refractivity contribution >= 4 is 0 Å². The maximum atomic E-state index is 10.6. The van der Waals surface area contributed by atoms with E-state index in [-0.39, 0.29) is 6.10 Å². The molecule has 0 bridgehead atoms. The lowest BCUT2D eigenvalue weighted by molar-refractivity contribution is 0.0471. The average Bonchev–Trinajstić information content (AvgIpc) is 2.91. The van der Waals surface area contributed by atoms with E-state index in [0.717, 1.165) is 29.0 Å². The monoisotopic (exact) mass is 270 g/mol. The first-order valence-corrected chi connectivity index (χ1v) is 6.94. The van der Waals surface area contributed by atoms with Gasteiger partial charge in [0, 0.05) is 12.0 Å². The Kier molecular flexibility index (Phi) is 3.61. The first-order valence-electron chi connectivity index (χ1n) is 6.94. The molecule has 3 rings (SSSR count). The minimum absolute atomic E-state index is 0.256. The van der Waals surface area contributed by atoms with E-state index in [1.165, 1.54) is 0 Å². The van der Waals surface area contributed by atoms with Crippen molar-refractivity contribution in [2.75, 3.05) is 6.61 Å². The van der Waals surface area contributed by atoms with Gasteiger partial charge in [0.05, 0.1) is 6.61 Å². The molecule has 0 saturated heterocycles. The van der Waals surface area contributed by atoms with Gasteiger partial charge in [-0.25, -0.2) is 0 Å². The molecule has 20 heavy (non-hydrogen) atoms. The second-order valence-corrected chi connectivity index (χ2v) is 4.88. The molecule has 0 amide bonds. The first-order chi connectivity index (χ1) is 9.79. The number of para-hydroxylation sites is 2. The lowest BCUT2D eigenvalue weighted by Gasteiger charge is -2.20.